The topological polar surface area (TPSA) is 87.7 Å². The van der Waals surface area contributed by atoms with E-state index in [9.17, 15) is 14.4 Å². The molecular formula is C21H31N3O4. The molecular weight excluding hydrogens is 358 g/mol. The number of alkyl carbamates (subject to hydrolysis) is 1. The Labute approximate surface area is 166 Å². The number of nitrogens with one attached hydrogen (secondary N) is 2. The van der Waals surface area contributed by atoms with Crippen molar-refractivity contribution in [1.82, 2.24) is 15.5 Å². The number of nitrogens with zero attached hydrogens (tertiary/aromatic N) is 1. The van der Waals surface area contributed by atoms with Crippen LogP contribution in [-0.4, -0.2) is 48.5 Å². The van der Waals surface area contributed by atoms with E-state index in [1.54, 1.807) is 13.0 Å². The molecule has 2 N–H and O–H groups in total. The van der Waals surface area contributed by atoms with Crippen molar-refractivity contribution in [3.8, 4) is 0 Å². The summed E-state index contributed by atoms with van der Waals surface area (Å²) in [5.41, 5.74) is 1.48. The molecule has 0 spiro atoms. The number of likely N-dealkylation sites (tertiary alicyclic amines) is 1. The molecule has 1 aliphatic heterocycles. The average molecular weight is 389 g/mol. The molecule has 1 aliphatic rings. The lowest BCUT2D eigenvalue weighted by atomic mass is 10.0. The van der Waals surface area contributed by atoms with Crippen molar-refractivity contribution >= 4 is 17.9 Å². The second-order valence-corrected chi connectivity index (χ2v) is 7.52. The fraction of sp³-hybridized carbons (Fsp3) is 0.571. The van der Waals surface area contributed by atoms with Gasteiger partial charge in [0.2, 0.25) is 5.91 Å². The Morgan fingerprint density at radius 2 is 2.07 bits per heavy atom. The highest BCUT2D eigenvalue weighted by molar-refractivity contribution is 5.94. The van der Waals surface area contributed by atoms with Crippen molar-refractivity contribution in [1.29, 1.82) is 0 Å². The van der Waals surface area contributed by atoms with Gasteiger partial charge in [-0.05, 0) is 43.4 Å². The average Bonchev–Trinajstić information content (AvgIpc) is 3.04. The van der Waals surface area contributed by atoms with Gasteiger partial charge in [0.25, 0.3) is 5.91 Å². The largest absolute Gasteiger partial charge is 0.450 e. The van der Waals surface area contributed by atoms with Crippen LogP contribution in [0.2, 0.25) is 0 Å². The molecule has 1 unspecified atom stereocenters. The van der Waals surface area contributed by atoms with Crippen molar-refractivity contribution in [2.24, 2.45) is 5.92 Å². The van der Waals surface area contributed by atoms with Crippen LogP contribution in [0.4, 0.5) is 4.79 Å². The lowest BCUT2D eigenvalue weighted by Crippen LogP contribution is -2.44. The Morgan fingerprint density at radius 3 is 2.71 bits per heavy atom. The van der Waals surface area contributed by atoms with Crippen LogP contribution in [0.5, 0.6) is 0 Å². The number of ether oxygens (including phenoxy) is 1. The van der Waals surface area contributed by atoms with Crippen LogP contribution in [-0.2, 0) is 16.1 Å². The number of hydrogen-bond donors (Lipinski definition) is 2. The van der Waals surface area contributed by atoms with Gasteiger partial charge < -0.3 is 20.3 Å². The number of amides is 3. The van der Waals surface area contributed by atoms with Gasteiger partial charge in [-0.3, -0.25) is 9.59 Å². The van der Waals surface area contributed by atoms with Gasteiger partial charge in [0.1, 0.15) is 0 Å². The van der Waals surface area contributed by atoms with Crippen molar-refractivity contribution in [3.63, 3.8) is 0 Å². The van der Waals surface area contributed by atoms with Crippen LogP contribution in [0.15, 0.2) is 24.3 Å². The smallest absolute Gasteiger partial charge is 0.407 e. The van der Waals surface area contributed by atoms with Crippen LogP contribution in [0.1, 0.15) is 56.0 Å². The lowest BCUT2D eigenvalue weighted by molar-refractivity contribution is -0.128. The maximum atomic E-state index is 12.6. The molecule has 154 valence electrons. The third-order valence-corrected chi connectivity index (χ3v) is 4.60. The summed E-state index contributed by atoms with van der Waals surface area (Å²) in [5.74, 6) is 0.329. The number of hydrogen-bond acceptors (Lipinski definition) is 4. The second-order valence-electron chi connectivity index (χ2n) is 7.52. The third-order valence-electron chi connectivity index (χ3n) is 4.60. The highest BCUT2D eigenvalue weighted by atomic mass is 16.5. The molecule has 1 saturated heterocycles. The Morgan fingerprint density at radius 1 is 1.29 bits per heavy atom. The molecule has 1 fully saturated rings. The monoisotopic (exact) mass is 389 g/mol. The van der Waals surface area contributed by atoms with Crippen LogP contribution in [0.3, 0.4) is 0 Å². The second kappa shape index (κ2) is 10.7. The van der Waals surface area contributed by atoms with Gasteiger partial charge in [-0.15, -0.1) is 0 Å². The summed E-state index contributed by atoms with van der Waals surface area (Å²) in [5, 5.41) is 5.69. The van der Waals surface area contributed by atoms with Crippen LogP contribution in [0.25, 0.3) is 0 Å². The minimum absolute atomic E-state index is 0.163. The van der Waals surface area contributed by atoms with Crippen LogP contribution in [0, 0.1) is 5.92 Å². The Bertz CT molecular complexity index is 690. The van der Waals surface area contributed by atoms with Gasteiger partial charge in [-0.2, -0.15) is 0 Å². The predicted octanol–water partition coefficient (Wildman–Crippen LogP) is 2.70. The maximum Gasteiger partial charge on any atom is 0.407 e. The van der Waals surface area contributed by atoms with E-state index in [4.69, 9.17) is 4.74 Å². The number of rotatable bonds is 9. The van der Waals surface area contributed by atoms with E-state index in [-0.39, 0.29) is 17.9 Å². The Kier molecular flexibility index (Phi) is 8.29. The first kappa shape index (κ1) is 21.7. The van der Waals surface area contributed by atoms with E-state index in [1.807, 2.05) is 23.1 Å². The Balaban J connectivity index is 1.93. The van der Waals surface area contributed by atoms with Gasteiger partial charge in [-0.1, -0.05) is 26.0 Å². The first-order valence-electron chi connectivity index (χ1n) is 9.97. The quantitative estimate of drug-likeness (QED) is 0.680. The van der Waals surface area contributed by atoms with E-state index in [2.05, 4.69) is 24.5 Å². The van der Waals surface area contributed by atoms with Crippen molar-refractivity contribution in [3.05, 3.63) is 35.4 Å². The van der Waals surface area contributed by atoms with Gasteiger partial charge in [0.05, 0.1) is 6.61 Å². The molecule has 3 amide bonds. The summed E-state index contributed by atoms with van der Waals surface area (Å²) in [7, 11) is 0. The van der Waals surface area contributed by atoms with Gasteiger partial charge in [0, 0.05) is 37.7 Å². The lowest BCUT2D eigenvalue weighted by Gasteiger charge is -2.21. The Hall–Kier alpha value is -2.57. The first-order chi connectivity index (χ1) is 13.4. The zero-order chi connectivity index (χ0) is 20.5. The van der Waals surface area contributed by atoms with Crippen molar-refractivity contribution < 1.29 is 19.1 Å². The van der Waals surface area contributed by atoms with E-state index in [1.165, 1.54) is 0 Å². The summed E-state index contributed by atoms with van der Waals surface area (Å²) in [6.45, 7) is 7.80. The number of carbonyl (C=O) groups is 3. The third kappa shape index (κ3) is 6.87. The summed E-state index contributed by atoms with van der Waals surface area (Å²) in [4.78, 5) is 37.9. The van der Waals surface area contributed by atoms with E-state index in [0.717, 1.165) is 24.9 Å². The highest BCUT2D eigenvalue weighted by Crippen LogP contribution is 2.15. The van der Waals surface area contributed by atoms with Gasteiger partial charge in [-0.25, -0.2) is 4.79 Å². The SMILES string of the molecule is CCOC(=O)NC(CNC(=O)c1cccc(CN2CCCC2=O)c1)CC(C)C. The van der Waals surface area contributed by atoms with Crippen molar-refractivity contribution in [2.75, 3.05) is 19.7 Å². The van der Waals surface area contributed by atoms with Gasteiger partial charge in [0.15, 0.2) is 0 Å². The van der Waals surface area contributed by atoms with Gasteiger partial charge >= 0.3 is 6.09 Å². The zero-order valence-electron chi connectivity index (χ0n) is 17.0. The van der Waals surface area contributed by atoms with E-state index >= 15 is 0 Å². The normalized spacial score (nSPS) is 14.9. The molecule has 28 heavy (non-hydrogen) atoms. The molecule has 1 atom stereocenters. The highest BCUT2D eigenvalue weighted by Gasteiger charge is 2.20. The molecule has 1 aromatic carbocycles. The number of benzene rings is 1. The summed E-state index contributed by atoms with van der Waals surface area (Å²) >= 11 is 0. The predicted molar refractivity (Wildman–Crippen MR) is 107 cm³/mol. The molecule has 1 heterocycles. The van der Waals surface area contributed by atoms with Crippen LogP contribution < -0.4 is 10.6 Å². The fourth-order valence-corrected chi connectivity index (χ4v) is 3.32. The summed E-state index contributed by atoms with van der Waals surface area (Å²) < 4.78 is 4.94. The first-order valence-corrected chi connectivity index (χ1v) is 9.97. The maximum absolute atomic E-state index is 12.6. The molecule has 1 aromatic rings. The molecule has 2 rings (SSSR count). The van der Waals surface area contributed by atoms with E-state index < -0.39 is 6.09 Å². The molecule has 0 bridgehead atoms. The molecule has 7 nitrogen and oxygen atoms in total. The molecule has 0 aromatic heterocycles. The number of carbonyl (C=O) groups excluding carboxylic acids is 3. The minimum atomic E-state index is -0.473. The van der Waals surface area contributed by atoms with Crippen molar-refractivity contribution in [2.45, 2.75) is 52.6 Å². The summed E-state index contributed by atoms with van der Waals surface area (Å²) in [6, 6.07) is 7.12. The molecule has 0 radical (unpaired) electrons. The summed E-state index contributed by atoms with van der Waals surface area (Å²) in [6.07, 6.45) is 1.75. The molecule has 7 heteroatoms. The minimum Gasteiger partial charge on any atom is -0.450 e. The fourth-order valence-electron chi connectivity index (χ4n) is 3.32. The van der Waals surface area contributed by atoms with Crippen LogP contribution >= 0.6 is 0 Å². The van der Waals surface area contributed by atoms with E-state index in [0.29, 0.717) is 37.6 Å². The molecule has 0 aliphatic carbocycles. The molecule has 0 saturated carbocycles. The zero-order valence-corrected chi connectivity index (χ0v) is 17.0. The standard InChI is InChI=1S/C21H31N3O4/c1-4-28-21(27)23-18(11-15(2)3)13-22-20(26)17-8-5-7-16(12-17)14-24-10-6-9-19(24)25/h5,7-8,12,15,18H,4,6,9-11,13-14H2,1-3H3,(H,22,26)(H,23,27).